The van der Waals surface area contributed by atoms with Crippen LogP contribution in [-0.2, 0) is 9.63 Å². The average molecular weight is 243 g/mol. The van der Waals surface area contributed by atoms with Crippen molar-refractivity contribution in [2.24, 2.45) is 5.16 Å². The van der Waals surface area contributed by atoms with Gasteiger partial charge in [0, 0.05) is 25.2 Å². The molecule has 2 aliphatic rings. The van der Waals surface area contributed by atoms with Gasteiger partial charge >= 0.3 is 0 Å². The highest BCUT2D eigenvalue weighted by molar-refractivity contribution is 5.90. The van der Waals surface area contributed by atoms with Crippen LogP contribution in [0, 0.1) is 0 Å². The van der Waals surface area contributed by atoms with E-state index in [9.17, 15) is 4.79 Å². The molecule has 0 saturated heterocycles. The van der Waals surface area contributed by atoms with Crippen molar-refractivity contribution in [2.45, 2.75) is 44.1 Å². The highest BCUT2D eigenvalue weighted by atomic mass is 16.7. The molecule has 1 aromatic rings. The summed E-state index contributed by atoms with van der Waals surface area (Å²) in [4.78, 5) is 16.6. The van der Waals surface area contributed by atoms with Gasteiger partial charge in [-0.2, -0.15) is 0 Å². The first kappa shape index (κ1) is 11.5. The normalized spacial score (nSPS) is 28.9. The third kappa shape index (κ3) is 2.05. The van der Waals surface area contributed by atoms with Crippen LogP contribution in [0.15, 0.2) is 35.5 Å². The van der Waals surface area contributed by atoms with E-state index in [0.717, 1.165) is 25.0 Å². The fourth-order valence-electron chi connectivity index (χ4n) is 2.71. The van der Waals surface area contributed by atoms with Crippen molar-refractivity contribution in [1.29, 1.82) is 0 Å². The summed E-state index contributed by atoms with van der Waals surface area (Å²) in [6.07, 6.45) is 3.26. The first-order valence-corrected chi connectivity index (χ1v) is 6.48. The molecule has 1 saturated carbocycles. The van der Waals surface area contributed by atoms with Crippen LogP contribution in [0.5, 0.6) is 0 Å². The van der Waals surface area contributed by atoms with Gasteiger partial charge in [0.25, 0.3) is 0 Å². The monoisotopic (exact) mass is 243 g/mol. The summed E-state index contributed by atoms with van der Waals surface area (Å²) >= 11 is 0. The summed E-state index contributed by atoms with van der Waals surface area (Å²) in [5, 5.41) is 4.16. The summed E-state index contributed by atoms with van der Waals surface area (Å²) in [5.41, 5.74) is 2.29. The predicted molar refractivity (Wildman–Crippen MR) is 69.6 cm³/mol. The quantitative estimate of drug-likeness (QED) is 0.815. The molecule has 1 aliphatic carbocycles. The molecule has 3 heteroatoms. The summed E-state index contributed by atoms with van der Waals surface area (Å²) in [5.74, 6) is 0.686. The number of ketones is 1. The fourth-order valence-corrected chi connectivity index (χ4v) is 2.71. The van der Waals surface area contributed by atoms with E-state index in [2.05, 4.69) is 29.4 Å². The molecule has 1 aromatic carbocycles. The molecule has 0 bridgehead atoms. The maximum absolute atomic E-state index is 11.0. The van der Waals surface area contributed by atoms with E-state index in [4.69, 9.17) is 4.84 Å². The minimum absolute atomic E-state index is 0.0898. The Morgan fingerprint density at radius 3 is 2.94 bits per heavy atom. The van der Waals surface area contributed by atoms with Crippen molar-refractivity contribution in [2.75, 3.05) is 0 Å². The van der Waals surface area contributed by atoms with E-state index in [-0.39, 0.29) is 11.4 Å². The molecule has 3 rings (SSSR count). The van der Waals surface area contributed by atoms with Gasteiger partial charge in [-0.05, 0) is 18.9 Å². The molecule has 18 heavy (non-hydrogen) atoms. The fraction of sp³-hybridized carbons (Fsp3) is 0.467. The van der Waals surface area contributed by atoms with Crippen molar-refractivity contribution in [3.05, 3.63) is 35.9 Å². The number of carbonyl (C=O) groups is 1. The van der Waals surface area contributed by atoms with Gasteiger partial charge in [0.2, 0.25) is 0 Å². The van der Waals surface area contributed by atoms with Crippen LogP contribution in [0.1, 0.15) is 44.1 Å². The Bertz CT molecular complexity index is 494. The molecule has 0 amide bonds. The minimum atomic E-state index is -0.0898. The first-order valence-electron chi connectivity index (χ1n) is 6.48. The minimum Gasteiger partial charge on any atom is -0.388 e. The van der Waals surface area contributed by atoms with Gasteiger partial charge in [0.05, 0.1) is 5.71 Å². The molecule has 1 fully saturated rings. The van der Waals surface area contributed by atoms with Crippen LogP contribution >= 0.6 is 0 Å². The third-order valence-corrected chi connectivity index (χ3v) is 3.85. The Hall–Kier alpha value is -1.64. The summed E-state index contributed by atoms with van der Waals surface area (Å²) in [7, 11) is 0. The van der Waals surface area contributed by atoms with Crippen molar-refractivity contribution in [3.63, 3.8) is 0 Å². The standard InChI is InChI=1S/C15H17NO2/c1-11(17)7-8-13-9-15(18-16-13)10-14(15)12-5-3-2-4-6-12/h2-6,14H,7-10H2,1H3/t14-,15-/m1/s1. The highest BCUT2D eigenvalue weighted by Crippen LogP contribution is 2.58. The Balaban J connectivity index is 1.60. The summed E-state index contributed by atoms with van der Waals surface area (Å²) < 4.78 is 0. The highest BCUT2D eigenvalue weighted by Gasteiger charge is 2.60. The zero-order valence-corrected chi connectivity index (χ0v) is 10.6. The van der Waals surface area contributed by atoms with E-state index in [1.165, 1.54) is 5.56 Å². The van der Waals surface area contributed by atoms with Crippen LogP contribution in [-0.4, -0.2) is 17.1 Å². The second kappa shape index (κ2) is 4.23. The Labute approximate surface area is 107 Å². The van der Waals surface area contributed by atoms with Gasteiger partial charge in [-0.15, -0.1) is 0 Å². The molecule has 94 valence electrons. The maximum atomic E-state index is 11.0. The number of carbonyl (C=O) groups excluding carboxylic acids is 1. The molecule has 1 heterocycles. The van der Waals surface area contributed by atoms with E-state index >= 15 is 0 Å². The molecule has 3 nitrogen and oxygen atoms in total. The topological polar surface area (TPSA) is 38.7 Å². The number of hydrogen-bond acceptors (Lipinski definition) is 3. The molecule has 1 aliphatic heterocycles. The van der Waals surface area contributed by atoms with Gasteiger partial charge in [-0.3, -0.25) is 0 Å². The summed E-state index contributed by atoms with van der Waals surface area (Å²) in [6, 6.07) is 10.5. The van der Waals surface area contributed by atoms with Gasteiger partial charge in [0.1, 0.15) is 5.78 Å². The molecule has 0 unspecified atom stereocenters. The van der Waals surface area contributed by atoms with E-state index in [0.29, 0.717) is 12.3 Å². The largest absolute Gasteiger partial charge is 0.388 e. The van der Waals surface area contributed by atoms with Crippen LogP contribution in [0.25, 0.3) is 0 Å². The third-order valence-electron chi connectivity index (χ3n) is 3.85. The lowest BCUT2D eigenvalue weighted by atomic mass is 10.0. The second-order valence-electron chi connectivity index (χ2n) is 5.36. The molecule has 0 aromatic heterocycles. The molecule has 0 radical (unpaired) electrons. The molecular formula is C15H17NO2. The SMILES string of the molecule is CC(=O)CCC1=NO[C@]2(C1)C[C@@H]2c1ccccc1. The first-order chi connectivity index (χ1) is 8.70. The van der Waals surface area contributed by atoms with E-state index < -0.39 is 0 Å². The number of nitrogens with zero attached hydrogens (tertiary/aromatic N) is 1. The Morgan fingerprint density at radius 2 is 2.22 bits per heavy atom. The molecule has 0 N–H and O–H groups in total. The zero-order valence-electron chi connectivity index (χ0n) is 10.6. The maximum Gasteiger partial charge on any atom is 0.150 e. The van der Waals surface area contributed by atoms with Crippen molar-refractivity contribution < 1.29 is 9.63 Å². The number of rotatable bonds is 4. The van der Waals surface area contributed by atoms with Crippen molar-refractivity contribution in [3.8, 4) is 0 Å². The van der Waals surface area contributed by atoms with Gasteiger partial charge in [-0.1, -0.05) is 35.5 Å². The molecule has 1 spiro atoms. The van der Waals surface area contributed by atoms with Crippen molar-refractivity contribution in [1.82, 2.24) is 0 Å². The number of oxime groups is 1. The van der Waals surface area contributed by atoms with E-state index in [1.807, 2.05) is 6.07 Å². The lowest BCUT2D eigenvalue weighted by Crippen LogP contribution is -2.12. The average Bonchev–Trinajstić information content (AvgIpc) is 2.91. The van der Waals surface area contributed by atoms with Gasteiger partial charge in [-0.25, -0.2) is 0 Å². The molecule has 2 atom stereocenters. The smallest absolute Gasteiger partial charge is 0.150 e. The molecular weight excluding hydrogens is 226 g/mol. The Kier molecular flexibility index (Phi) is 2.69. The van der Waals surface area contributed by atoms with Crippen molar-refractivity contribution >= 4 is 11.5 Å². The summed E-state index contributed by atoms with van der Waals surface area (Å²) in [6.45, 7) is 1.62. The number of benzene rings is 1. The predicted octanol–water partition coefficient (Wildman–Crippen LogP) is 3.06. The van der Waals surface area contributed by atoms with E-state index in [1.54, 1.807) is 6.92 Å². The lowest BCUT2D eigenvalue weighted by Gasteiger charge is -2.07. The Morgan fingerprint density at radius 1 is 1.44 bits per heavy atom. The zero-order chi connectivity index (χ0) is 12.6. The second-order valence-corrected chi connectivity index (χ2v) is 5.36. The van der Waals surface area contributed by atoms with Gasteiger partial charge < -0.3 is 9.63 Å². The van der Waals surface area contributed by atoms with Crippen LogP contribution in [0.2, 0.25) is 0 Å². The van der Waals surface area contributed by atoms with Crippen LogP contribution in [0.4, 0.5) is 0 Å². The van der Waals surface area contributed by atoms with Gasteiger partial charge in [0.15, 0.2) is 5.60 Å². The number of hydrogen-bond donors (Lipinski definition) is 0. The lowest BCUT2D eigenvalue weighted by molar-refractivity contribution is -0.116. The number of Topliss-reactive ketones (excluding diaryl/α,β-unsaturated/α-hetero) is 1. The van der Waals surface area contributed by atoms with Crippen LogP contribution < -0.4 is 0 Å². The van der Waals surface area contributed by atoms with Crippen LogP contribution in [0.3, 0.4) is 0 Å².